The zero-order valence-corrected chi connectivity index (χ0v) is 12.8. The summed E-state index contributed by atoms with van der Waals surface area (Å²) in [5, 5.41) is 0.743. The number of hydrogen-bond acceptors (Lipinski definition) is 6. The third-order valence-electron chi connectivity index (χ3n) is 3.46. The van der Waals surface area contributed by atoms with Gasteiger partial charge in [0.05, 0.1) is 0 Å². The predicted molar refractivity (Wildman–Crippen MR) is 80.7 cm³/mol. The van der Waals surface area contributed by atoms with Crippen molar-refractivity contribution in [1.82, 2.24) is 24.5 Å². The summed E-state index contributed by atoms with van der Waals surface area (Å²) in [5.41, 5.74) is 0. The highest BCUT2D eigenvalue weighted by atomic mass is 35.5. The molecule has 1 aliphatic rings. The molecule has 0 aliphatic carbocycles. The molecule has 3 rings (SSSR count). The second kappa shape index (κ2) is 5.57. The van der Waals surface area contributed by atoms with Crippen LogP contribution in [0, 0.1) is 0 Å². The second-order valence-corrected chi connectivity index (χ2v) is 6.51. The highest BCUT2D eigenvalue weighted by Gasteiger charge is 2.27. The quantitative estimate of drug-likeness (QED) is 0.846. The zero-order valence-electron chi connectivity index (χ0n) is 11.3. The van der Waals surface area contributed by atoms with Crippen LogP contribution in [0.15, 0.2) is 18.7 Å². The molecule has 0 saturated carbocycles. The first kappa shape index (κ1) is 13.6. The maximum absolute atomic E-state index is 6.04. The minimum atomic E-state index is 0.205. The minimum absolute atomic E-state index is 0.205. The standard InChI is InChI=1S/C12H15ClN6S/c1-8-9(2)20-6-5-19(8)12-16-10(13)15-11(17-12)18-4-3-14-7-18/h3-4,7-9H,5-6H2,1-2H3. The molecule has 0 N–H and O–H groups in total. The lowest BCUT2D eigenvalue weighted by Crippen LogP contribution is -2.45. The molecule has 1 saturated heterocycles. The van der Waals surface area contributed by atoms with Gasteiger partial charge in [0.15, 0.2) is 0 Å². The number of halogens is 1. The van der Waals surface area contributed by atoms with Crippen LogP contribution in [0.2, 0.25) is 5.28 Å². The number of hydrogen-bond donors (Lipinski definition) is 0. The van der Waals surface area contributed by atoms with Gasteiger partial charge in [-0.2, -0.15) is 26.7 Å². The molecule has 2 unspecified atom stereocenters. The van der Waals surface area contributed by atoms with Crippen LogP contribution in [0.5, 0.6) is 0 Å². The van der Waals surface area contributed by atoms with E-state index >= 15 is 0 Å². The third kappa shape index (κ3) is 2.60. The summed E-state index contributed by atoms with van der Waals surface area (Å²) in [4.78, 5) is 19.1. The van der Waals surface area contributed by atoms with E-state index in [-0.39, 0.29) is 5.28 Å². The van der Waals surface area contributed by atoms with Crippen molar-refractivity contribution in [3.05, 3.63) is 24.0 Å². The van der Waals surface area contributed by atoms with Crippen LogP contribution in [-0.4, -0.2) is 48.1 Å². The molecule has 0 amide bonds. The van der Waals surface area contributed by atoms with E-state index in [1.54, 1.807) is 23.3 Å². The Balaban J connectivity index is 1.97. The average Bonchev–Trinajstić information content (AvgIpc) is 2.95. The number of anilines is 1. The Hall–Kier alpha value is -1.34. The van der Waals surface area contributed by atoms with Crippen LogP contribution < -0.4 is 4.90 Å². The third-order valence-corrected chi connectivity index (χ3v) is 4.97. The number of nitrogens with zero attached hydrogens (tertiary/aromatic N) is 6. The first-order valence-corrected chi connectivity index (χ1v) is 7.86. The average molecular weight is 311 g/mol. The molecular formula is C12H15ClN6S. The summed E-state index contributed by atoms with van der Waals surface area (Å²) in [6.45, 7) is 5.33. The summed E-state index contributed by atoms with van der Waals surface area (Å²) in [5.74, 6) is 2.19. The number of imidazole rings is 1. The molecule has 0 radical (unpaired) electrons. The highest BCUT2D eigenvalue weighted by Crippen LogP contribution is 2.27. The van der Waals surface area contributed by atoms with Crippen molar-refractivity contribution in [2.45, 2.75) is 25.1 Å². The lowest BCUT2D eigenvalue weighted by Gasteiger charge is -2.37. The predicted octanol–water partition coefficient (Wildman–Crippen LogP) is 2.04. The smallest absolute Gasteiger partial charge is 0.241 e. The van der Waals surface area contributed by atoms with Gasteiger partial charge in [-0.25, -0.2) is 4.98 Å². The number of rotatable bonds is 2. The van der Waals surface area contributed by atoms with Crippen LogP contribution in [-0.2, 0) is 0 Å². The van der Waals surface area contributed by atoms with Crippen molar-refractivity contribution in [2.24, 2.45) is 0 Å². The molecule has 0 aromatic carbocycles. The van der Waals surface area contributed by atoms with Crippen molar-refractivity contribution < 1.29 is 0 Å². The van der Waals surface area contributed by atoms with Crippen molar-refractivity contribution in [2.75, 3.05) is 17.2 Å². The minimum Gasteiger partial charge on any atom is -0.336 e. The van der Waals surface area contributed by atoms with Crippen LogP contribution in [0.1, 0.15) is 13.8 Å². The van der Waals surface area contributed by atoms with Crippen LogP contribution >= 0.6 is 23.4 Å². The Morgan fingerprint density at radius 1 is 1.25 bits per heavy atom. The van der Waals surface area contributed by atoms with E-state index < -0.39 is 0 Å². The molecule has 3 heterocycles. The summed E-state index contributed by atoms with van der Waals surface area (Å²) < 4.78 is 1.73. The normalized spacial score (nSPS) is 23.1. The Labute approximate surface area is 126 Å². The number of thioether (sulfide) groups is 1. The van der Waals surface area contributed by atoms with Crippen molar-refractivity contribution in [3.63, 3.8) is 0 Å². The monoisotopic (exact) mass is 310 g/mol. The van der Waals surface area contributed by atoms with E-state index in [9.17, 15) is 0 Å². The van der Waals surface area contributed by atoms with Gasteiger partial charge in [0, 0.05) is 36.0 Å². The lowest BCUT2D eigenvalue weighted by molar-refractivity contribution is 0.609. The fourth-order valence-electron chi connectivity index (χ4n) is 2.17. The molecule has 20 heavy (non-hydrogen) atoms. The second-order valence-electron chi connectivity index (χ2n) is 4.68. The maximum atomic E-state index is 6.04. The van der Waals surface area contributed by atoms with E-state index in [2.05, 4.69) is 38.7 Å². The molecule has 8 heteroatoms. The zero-order chi connectivity index (χ0) is 14.1. The highest BCUT2D eigenvalue weighted by molar-refractivity contribution is 8.00. The Morgan fingerprint density at radius 3 is 2.80 bits per heavy atom. The van der Waals surface area contributed by atoms with Crippen molar-refractivity contribution in [3.8, 4) is 5.95 Å². The first-order valence-electron chi connectivity index (χ1n) is 6.43. The Kier molecular flexibility index (Phi) is 3.80. The molecule has 1 fully saturated rings. The van der Waals surface area contributed by atoms with Gasteiger partial charge in [0.1, 0.15) is 6.33 Å². The Bertz CT molecular complexity index is 590. The molecule has 2 atom stereocenters. The van der Waals surface area contributed by atoms with Gasteiger partial charge in [-0.05, 0) is 18.5 Å². The van der Waals surface area contributed by atoms with E-state index in [0.29, 0.717) is 23.2 Å². The molecule has 1 aliphatic heterocycles. The van der Waals surface area contributed by atoms with E-state index in [1.165, 1.54) is 0 Å². The van der Waals surface area contributed by atoms with Crippen LogP contribution in [0.25, 0.3) is 5.95 Å². The first-order chi connectivity index (χ1) is 9.65. The van der Waals surface area contributed by atoms with Gasteiger partial charge in [-0.3, -0.25) is 4.57 Å². The van der Waals surface area contributed by atoms with Crippen LogP contribution in [0.3, 0.4) is 0 Å². The van der Waals surface area contributed by atoms with Gasteiger partial charge >= 0.3 is 0 Å². The molecular weight excluding hydrogens is 296 g/mol. The molecule has 0 spiro atoms. The molecule has 2 aromatic heterocycles. The fraction of sp³-hybridized carbons (Fsp3) is 0.500. The lowest BCUT2D eigenvalue weighted by atomic mass is 10.2. The molecule has 106 valence electrons. The number of aromatic nitrogens is 5. The summed E-state index contributed by atoms with van der Waals surface area (Å²) in [6.07, 6.45) is 5.11. The Morgan fingerprint density at radius 2 is 2.05 bits per heavy atom. The van der Waals surface area contributed by atoms with Gasteiger partial charge in [0.25, 0.3) is 0 Å². The van der Waals surface area contributed by atoms with E-state index in [1.807, 2.05) is 11.8 Å². The fourth-order valence-corrected chi connectivity index (χ4v) is 3.42. The molecule has 0 bridgehead atoms. The molecule has 6 nitrogen and oxygen atoms in total. The van der Waals surface area contributed by atoms with Gasteiger partial charge < -0.3 is 4.90 Å². The topological polar surface area (TPSA) is 59.7 Å². The van der Waals surface area contributed by atoms with Gasteiger partial charge in [-0.15, -0.1) is 0 Å². The van der Waals surface area contributed by atoms with Gasteiger partial charge in [-0.1, -0.05) is 6.92 Å². The molecule has 2 aromatic rings. The van der Waals surface area contributed by atoms with Crippen molar-refractivity contribution >= 4 is 29.3 Å². The van der Waals surface area contributed by atoms with Crippen LogP contribution in [0.4, 0.5) is 5.95 Å². The summed E-state index contributed by atoms with van der Waals surface area (Å²) in [6, 6.07) is 0.364. The van der Waals surface area contributed by atoms with E-state index in [0.717, 1.165) is 12.3 Å². The largest absolute Gasteiger partial charge is 0.336 e. The maximum Gasteiger partial charge on any atom is 0.241 e. The van der Waals surface area contributed by atoms with Gasteiger partial charge in [0.2, 0.25) is 17.2 Å². The van der Waals surface area contributed by atoms with E-state index in [4.69, 9.17) is 11.6 Å². The summed E-state index contributed by atoms with van der Waals surface area (Å²) in [7, 11) is 0. The SMILES string of the molecule is CC1SCCN(c2nc(Cl)nc(-n3ccnc3)n2)C1C. The summed E-state index contributed by atoms with van der Waals surface area (Å²) >= 11 is 8.01. The van der Waals surface area contributed by atoms with Crippen molar-refractivity contribution in [1.29, 1.82) is 0 Å².